The molecule has 0 aromatic heterocycles. The van der Waals surface area contributed by atoms with Crippen molar-refractivity contribution in [1.29, 1.82) is 0 Å². The second-order valence-electron chi connectivity index (χ2n) is 9.95. The van der Waals surface area contributed by atoms with Crippen LogP contribution in [0.15, 0.2) is 91.0 Å². The molecule has 0 unspecified atom stereocenters. The van der Waals surface area contributed by atoms with Gasteiger partial charge >= 0.3 is 0 Å². The maximum Gasteiger partial charge on any atom is 0.149 e. The van der Waals surface area contributed by atoms with Crippen molar-refractivity contribution in [3.63, 3.8) is 0 Å². The maximum absolute atomic E-state index is 12.9. The molecule has 4 heteroatoms. The number of ketones is 2. The molecule has 0 aliphatic carbocycles. The minimum absolute atomic E-state index is 0.0504. The summed E-state index contributed by atoms with van der Waals surface area (Å²) in [5.41, 5.74) is 3.16. The monoisotopic (exact) mass is 496 g/mol. The molecule has 0 radical (unpaired) electrons. The fraction of sp³-hybridized carbons (Fsp3) is 0.394. The Balaban J connectivity index is 0.000000301. The van der Waals surface area contributed by atoms with Crippen LogP contribution in [0.5, 0.6) is 0 Å². The third-order valence-electron chi connectivity index (χ3n) is 7.78. The van der Waals surface area contributed by atoms with Crippen LogP contribution < -0.4 is 5.32 Å². The predicted octanol–water partition coefficient (Wildman–Crippen LogP) is 6.14. The molecule has 2 heterocycles. The fourth-order valence-corrected chi connectivity index (χ4v) is 5.98. The van der Waals surface area contributed by atoms with E-state index in [0.29, 0.717) is 24.4 Å². The fourth-order valence-electron chi connectivity index (χ4n) is 5.98. The summed E-state index contributed by atoms with van der Waals surface area (Å²) in [7, 11) is 0. The first-order chi connectivity index (χ1) is 18.1. The van der Waals surface area contributed by atoms with Crippen LogP contribution in [0.25, 0.3) is 0 Å². The number of carbonyl (C=O) groups is 2. The number of rotatable bonds is 8. The Kier molecular flexibility index (Phi) is 9.43. The van der Waals surface area contributed by atoms with Gasteiger partial charge in [-0.15, -0.1) is 0 Å². The molecule has 4 nitrogen and oxygen atoms in total. The topological polar surface area (TPSA) is 49.4 Å². The maximum atomic E-state index is 12.9. The van der Waals surface area contributed by atoms with Gasteiger partial charge in [-0.05, 0) is 48.9 Å². The molecule has 3 aromatic rings. The van der Waals surface area contributed by atoms with Gasteiger partial charge in [0.2, 0.25) is 0 Å². The molecule has 5 rings (SSSR count). The highest BCUT2D eigenvalue weighted by molar-refractivity contribution is 5.84. The summed E-state index contributed by atoms with van der Waals surface area (Å²) < 4.78 is 0. The molecule has 194 valence electrons. The average Bonchev–Trinajstić information content (AvgIpc) is 3.68. The lowest BCUT2D eigenvalue weighted by molar-refractivity contribution is -0.124. The van der Waals surface area contributed by atoms with E-state index >= 15 is 0 Å². The molecule has 2 aliphatic rings. The summed E-state index contributed by atoms with van der Waals surface area (Å²) in [6.45, 7) is 5.84. The number of hydrogen-bond donors (Lipinski definition) is 1. The zero-order valence-corrected chi connectivity index (χ0v) is 22.2. The number of benzene rings is 3. The molecular weight excluding hydrogens is 456 g/mol. The van der Waals surface area contributed by atoms with Gasteiger partial charge in [0.1, 0.15) is 11.6 Å². The number of Topliss-reactive ketones (excluding diaryl/α,β-unsaturated/α-hetero) is 2. The van der Waals surface area contributed by atoms with Crippen molar-refractivity contribution in [2.24, 2.45) is 0 Å². The lowest BCUT2D eigenvalue weighted by Crippen LogP contribution is -2.52. The molecule has 0 saturated carbocycles. The van der Waals surface area contributed by atoms with Crippen molar-refractivity contribution < 1.29 is 9.59 Å². The summed E-state index contributed by atoms with van der Waals surface area (Å²) in [6.07, 6.45) is 5.45. The zero-order valence-electron chi connectivity index (χ0n) is 22.2. The quantitative estimate of drug-likeness (QED) is 0.381. The number of nitrogens with zero attached hydrogens (tertiary/aromatic N) is 1. The third kappa shape index (κ3) is 5.76. The smallest absolute Gasteiger partial charge is 0.149 e. The molecule has 0 bridgehead atoms. The first kappa shape index (κ1) is 27.0. The van der Waals surface area contributed by atoms with Gasteiger partial charge in [-0.3, -0.25) is 14.5 Å². The van der Waals surface area contributed by atoms with Gasteiger partial charge in [0.15, 0.2) is 0 Å². The van der Waals surface area contributed by atoms with Crippen molar-refractivity contribution in [3.05, 3.63) is 108 Å². The first-order valence-corrected chi connectivity index (χ1v) is 13.8. The second-order valence-corrected chi connectivity index (χ2v) is 9.95. The van der Waals surface area contributed by atoms with E-state index in [-0.39, 0.29) is 12.1 Å². The van der Waals surface area contributed by atoms with Gasteiger partial charge in [-0.1, -0.05) is 105 Å². The summed E-state index contributed by atoms with van der Waals surface area (Å²) in [6, 6.07) is 32.1. The lowest BCUT2D eigenvalue weighted by Gasteiger charge is -2.46. The van der Waals surface area contributed by atoms with Crippen LogP contribution in [0.3, 0.4) is 0 Å². The third-order valence-corrected chi connectivity index (χ3v) is 7.78. The predicted molar refractivity (Wildman–Crippen MR) is 151 cm³/mol. The Bertz CT molecular complexity index is 1030. The Labute approximate surface area is 222 Å². The van der Waals surface area contributed by atoms with Crippen LogP contribution in [0.2, 0.25) is 0 Å². The van der Waals surface area contributed by atoms with E-state index in [1.54, 1.807) is 0 Å². The molecule has 2 fully saturated rings. The molecule has 0 amide bonds. The molecule has 3 aromatic carbocycles. The molecule has 37 heavy (non-hydrogen) atoms. The summed E-state index contributed by atoms with van der Waals surface area (Å²) in [5.74, 6) is 0.706. The number of carbonyl (C=O) groups excluding carboxylic acids is 2. The first-order valence-electron chi connectivity index (χ1n) is 13.8. The van der Waals surface area contributed by atoms with E-state index in [4.69, 9.17) is 0 Å². The van der Waals surface area contributed by atoms with E-state index in [9.17, 15) is 9.59 Å². The zero-order chi connectivity index (χ0) is 26.1. The van der Waals surface area contributed by atoms with Crippen LogP contribution in [0.4, 0.5) is 0 Å². The molecule has 2 aliphatic heterocycles. The van der Waals surface area contributed by atoms with Crippen LogP contribution >= 0.6 is 0 Å². The van der Waals surface area contributed by atoms with Gasteiger partial charge in [-0.2, -0.15) is 0 Å². The van der Waals surface area contributed by atoms with E-state index in [1.807, 2.05) is 13.8 Å². The average molecular weight is 497 g/mol. The van der Waals surface area contributed by atoms with Crippen LogP contribution in [0.1, 0.15) is 69.1 Å². The Morgan fingerprint density at radius 2 is 1.22 bits per heavy atom. The molecule has 1 N–H and O–H groups in total. The van der Waals surface area contributed by atoms with Crippen molar-refractivity contribution in [2.75, 3.05) is 13.1 Å². The summed E-state index contributed by atoms with van der Waals surface area (Å²) in [4.78, 5) is 26.3. The Hall–Kier alpha value is -3.08. The van der Waals surface area contributed by atoms with Gasteiger partial charge in [0.25, 0.3) is 0 Å². The normalized spacial score (nSPS) is 19.7. The van der Waals surface area contributed by atoms with Crippen LogP contribution in [-0.2, 0) is 15.1 Å². The van der Waals surface area contributed by atoms with E-state index in [2.05, 4.69) is 101 Å². The van der Waals surface area contributed by atoms with E-state index in [0.717, 1.165) is 38.8 Å². The highest BCUT2D eigenvalue weighted by Crippen LogP contribution is 2.46. The van der Waals surface area contributed by atoms with Gasteiger partial charge in [0, 0.05) is 19.4 Å². The number of nitrogens with one attached hydrogen (secondary N) is 1. The standard InChI is InChI=1S/C26H27NO.C7H13NO/c1-2-25(28)24-19-12-20-27(24)26(21-13-6-3-7-14-21,22-15-8-4-9-16-22)23-17-10-5-11-18-23;1-2-7(9)6-4-3-5-8-6/h3-11,13-18,24H,2,12,19-20H2,1H3;6,8H,2-5H2,1H3/t24-;6-/m00/s1. The van der Waals surface area contributed by atoms with Gasteiger partial charge in [0.05, 0.1) is 17.6 Å². The highest BCUT2D eigenvalue weighted by Gasteiger charge is 2.48. The van der Waals surface area contributed by atoms with Crippen molar-refractivity contribution in [2.45, 2.75) is 70.0 Å². The number of hydrogen-bond acceptors (Lipinski definition) is 4. The van der Waals surface area contributed by atoms with Crippen molar-refractivity contribution in [3.8, 4) is 0 Å². The minimum Gasteiger partial charge on any atom is -0.307 e. The Morgan fingerprint density at radius 1 is 0.730 bits per heavy atom. The van der Waals surface area contributed by atoms with Crippen molar-refractivity contribution >= 4 is 11.6 Å². The van der Waals surface area contributed by atoms with Crippen molar-refractivity contribution in [1.82, 2.24) is 10.2 Å². The van der Waals surface area contributed by atoms with Crippen LogP contribution in [-0.4, -0.2) is 41.6 Å². The molecule has 2 atom stereocenters. The summed E-state index contributed by atoms with van der Waals surface area (Å²) in [5, 5.41) is 3.16. The minimum atomic E-state index is -0.476. The largest absolute Gasteiger partial charge is 0.307 e. The Morgan fingerprint density at radius 3 is 1.62 bits per heavy atom. The highest BCUT2D eigenvalue weighted by atomic mass is 16.1. The second kappa shape index (κ2) is 12.9. The van der Waals surface area contributed by atoms with Gasteiger partial charge in [-0.25, -0.2) is 0 Å². The van der Waals surface area contributed by atoms with E-state index < -0.39 is 5.54 Å². The van der Waals surface area contributed by atoms with Gasteiger partial charge < -0.3 is 5.32 Å². The SMILES string of the molecule is CCC(=O)[C@@H]1CCCN1.CCC(=O)[C@@H]1CCCN1C(c1ccccc1)(c1ccccc1)c1ccccc1. The number of likely N-dealkylation sites (tertiary alicyclic amines) is 1. The van der Waals surface area contributed by atoms with E-state index in [1.165, 1.54) is 16.7 Å². The van der Waals surface area contributed by atoms with Crippen LogP contribution in [0, 0.1) is 0 Å². The molecule has 0 spiro atoms. The molecular formula is C33H40N2O2. The lowest BCUT2D eigenvalue weighted by atomic mass is 9.75. The summed E-state index contributed by atoms with van der Waals surface area (Å²) >= 11 is 0. The molecule has 2 saturated heterocycles.